The number of rotatable bonds is 3. The highest BCUT2D eigenvalue weighted by atomic mass is 13.6. The van der Waals surface area contributed by atoms with Gasteiger partial charge in [0.15, 0.2) is 0 Å². The van der Waals surface area contributed by atoms with E-state index in [1.807, 2.05) is 0 Å². The normalized spacial score (nSPS) is 7.50. The first-order valence-corrected chi connectivity index (χ1v) is 2.91. The van der Waals surface area contributed by atoms with Gasteiger partial charge in [-0.1, -0.05) is 19.7 Å². The van der Waals surface area contributed by atoms with Crippen LogP contribution in [0.4, 0.5) is 0 Å². The molecule has 0 fully saturated rings. The lowest BCUT2D eigenvalue weighted by molar-refractivity contribution is 1.08. The smallest absolute Gasteiger partial charge is 0.0780 e. The summed E-state index contributed by atoms with van der Waals surface area (Å²) < 4.78 is 0. The minimum Gasteiger partial charge on any atom is -0.0856 e. The lowest BCUT2D eigenvalue weighted by Gasteiger charge is -1.81. The molecule has 0 unspecified atom stereocenters. The Bertz CT molecular complexity index is 18.0. The molecule has 0 rings (SSSR count). The second-order valence-corrected chi connectivity index (χ2v) is 1.71. The van der Waals surface area contributed by atoms with E-state index in [0.29, 0.717) is 0 Å². The Morgan fingerprint density at radius 1 is 1.67 bits per heavy atom. The summed E-state index contributed by atoms with van der Waals surface area (Å²) in [6.45, 7) is 2.23. The van der Waals surface area contributed by atoms with Gasteiger partial charge in [0.05, 0.1) is 22.0 Å². The monoisotopic (exact) mass is 80.1 g/mol. The third-order valence-electron chi connectivity index (χ3n) is 0.957. The predicted octanol–water partition coefficient (Wildman–Crippen LogP) is -0.849. The van der Waals surface area contributed by atoms with Crippen molar-refractivity contribution in [3.63, 3.8) is 0 Å². The van der Waals surface area contributed by atoms with Gasteiger partial charge < -0.3 is 0 Å². The SMILES string of the molecule is BBBCCC. The number of hydrogen-bond acceptors (Lipinski definition) is 0. The topological polar surface area (TPSA) is 0 Å². The lowest BCUT2D eigenvalue weighted by Crippen LogP contribution is -2.00. The van der Waals surface area contributed by atoms with Gasteiger partial charge in [0.2, 0.25) is 0 Å². The van der Waals surface area contributed by atoms with Crippen LogP contribution in [0.25, 0.3) is 0 Å². The zero-order valence-electron chi connectivity index (χ0n) is 4.83. The predicted molar refractivity (Wildman–Crippen MR) is 37.9 cm³/mol. The molecular formula is C3H11B3. The van der Waals surface area contributed by atoms with E-state index in [2.05, 4.69) is 14.7 Å². The van der Waals surface area contributed by atoms with E-state index in [1.165, 1.54) is 27.0 Å². The summed E-state index contributed by atoms with van der Waals surface area (Å²) in [7, 11) is 5.00. The molecule has 0 aromatic carbocycles. The van der Waals surface area contributed by atoms with E-state index in [0.717, 1.165) is 0 Å². The minimum atomic E-state index is 1.36. The average molecular weight is 79.6 g/mol. The summed E-state index contributed by atoms with van der Waals surface area (Å²) in [6, 6.07) is 0. The summed E-state index contributed by atoms with van der Waals surface area (Å²) in [5.41, 5.74) is 0. The molecule has 0 aliphatic carbocycles. The van der Waals surface area contributed by atoms with Crippen molar-refractivity contribution in [2.75, 3.05) is 0 Å². The van der Waals surface area contributed by atoms with Gasteiger partial charge >= 0.3 is 0 Å². The maximum Gasteiger partial charge on any atom is 0.0780 e. The minimum absolute atomic E-state index is 1.36. The highest BCUT2D eigenvalue weighted by molar-refractivity contribution is 7.23. The average Bonchev–Trinajstić information content (AvgIpc) is 1.61. The van der Waals surface area contributed by atoms with E-state index in [-0.39, 0.29) is 0 Å². The molecule has 0 aliphatic heterocycles. The fourth-order valence-electron chi connectivity index (χ4n) is 0.500. The maximum atomic E-state index is 2.23. The Balaban J connectivity index is 2.34. The molecule has 0 bridgehead atoms. The van der Waals surface area contributed by atoms with Crippen LogP contribution in [0.15, 0.2) is 0 Å². The van der Waals surface area contributed by atoms with Crippen molar-refractivity contribution >= 4 is 22.0 Å². The fourth-order valence-corrected chi connectivity index (χ4v) is 0.500. The summed E-state index contributed by atoms with van der Waals surface area (Å²) in [5.74, 6) is 0. The molecule has 0 spiro atoms. The zero-order valence-corrected chi connectivity index (χ0v) is 4.83. The Hall–Kier alpha value is 0.195. The molecule has 0 saturated carbocycles. The molecule has 0 N–H and O–H groups in total. The van der Waals surface area contributed by atoms with E-state index >= 15 is 0 Å². The molecule has 3 heteroatoms. The molecule has 0 nitrogen and oxygen atoms in total. The van der Waals surface area contributed by atoms with Crippen LogP contribution in [-0.4, -0.2) is 22.0 Å². The maximum absolute atomic E-state index is 2.23. The summed E-state index contributed by atoms with van der Waals surface area (Å²) in [6.07, 6.45) is 2.77. The van der Waals surface area contributed by atoms with Crippen LogP contribution in [0.1, 0.15) is 13.3 Å². The van der Waals surface area contributed by atoms with Crippen LogP contribution in [0.2, 0.25) is 6.32 Å². The van der Waals surface area contributed by atoms with Crippen molar-refractivity contribution in [3.8, 4) is 0 Å². The van der Waals surface area contributed by atoms with E-state index in [1.54, 1.807) is 0 Å². The van der Waals surface area contributed by atoms with E-state index < -0.39 is 0 Å². The first-order valence-electron chi connectivity index (χ1n) is 2.91. The van der Waals surface area contributed by atoms with Crippen LogP contribution in [0.3, 0.4) is 0 Å². The Morgan fingerprint density at radius 2 is 2.33 bits per heavy atom. The molecule has 0 atom stereocenters. The summed E-state index contributed by atoms with van der Waals surface area (Å²) in [5, 5.41) is 0. The molecule has 0 saturated heterocycles. The van der Waals surface area contributed by atoms with E-state index in [9.17, 15) is 0 Å². The standard InChI is InChI=1S/C3H11B3/c1-2-3-5-6-4/h5-6H,2-4H2,1H3. The van der Waals surface area contributed by atoms with Gasteiger partial charge in [-0.25, -0.2) is 0 Å². The van der Waals surface area contributed by atoms with Crippen molar-refractivity contribution in [1.29, 1.82) is 0 Å². The third-order valence-corrected chi connectivity index (χ3v) is 0.957. The Labute approximate surface area is 42.6 Å². The first-order chi connectivity index (χ1) is 2.91. The lowest BCUT2D eigenvalue weighted by atomic mass is 9.27. The second kappa shape index (κ2) is 5.19. The van der Waals surface area contributed by atoms with Crippen LogP contribution in [-0.2, 0) is 0 Å². The fraction of sp³-hybridized carbons (Fsp3) is 1.00. The summed E-state index contributed by atoms with van der Waals surface area (Å²) >= 11 is 0. The van der Waals surface area contributed by atoms with Gasteiger partial charge in [0, 0.05) is 0 Å². The van der Waals surface area contributed by atoms with Crippen molar-refractivity contribution in [2.45, 2.75) is 19.7 Å². The molecule has 6 heavy (non-hydrogen) atoms. The molecule has 0 aromatic rings. The van der Waals surface area contributed by atoms with Crippen molar-refractivity contribution in [2.24, 2.45) is 0 Å². The van der Waals surface area contributed by atoms with Gasteiger partial charge in [-0.2, -0.15) is 0 Å². The largest absolute Gasteiger partial charge is 0.0856 e. The number of hydrogen-bond donors (Lipinski definition) is 0. The summed E-state index contributed by atoms with van der Waals surface area (Å²) in [4.78, 5) is 0. The van der Waals surface area contributed by atoms with Crippen LogP contribution in [0, 0.1) is 0 Å². The van der Waals surface area contributed by atoms with Gasteiger partial charge in [-0.15, -0.1) is 0 Å². The van der Waals surface area contributed by atoms with E-state index in [4.69, 9.17) is 0 Å². The van der Waals surface area contributed by atoms with Crippen LogP contribution >= 0.6 is 0 Å². The van der Waals surface area contributed by atoms with Gasteiger partial charge in [-0.05, 0) is 0 Å². The Kier molecular flexibility index (Phi) is 5.36. The van der Waals surface area contributed by atoms with Crippen molar-refractivity contribution in [1.82, 2.24) is 0 Å². The molecule has 0 radical (unpaired) electrons. The molecule has 32 valence electrons. The van der Waals surface area contributed by atoms with Gasteiger partial charge in [0.1, 0.15) is 0 Å². The first kappa shape index (κ1) is 6.19. The zero-order chi connectivity index (χ0) is 4.83. The van der Waals surface area contributed by atoms with Crippen LogP contribution < -0.4 is 0 Å². The molecule has 0 aromatic heterocycles. The highest BCUT2D eigenvalue weighted by Crippen LogP contribution is 1.80. The van der Waals surface area contributed by atoms with Crippen LogP contribution in [0.5, 0.6) is 0 Å². The molecule has 0 aliphatic rings. The van der Waals surface area contributed by atoms with Gasteiger partial charge in [-0.3, -0.25) is 0 Å². The van der Waals surface area contributed by atoms with Crippen molar-refractivity contribution < 1.29 is 0 Å². The third kappa shape index (κ3) is 4.19. The van der Waals surface area contributed by atoms with Gasteiger partial charge in [0.25, 0.3) is 0 Å². The molecule has 0 amide bonds. The second-order valence-electron chi connectivity index (χ2n) is 1.71. The van der Waals surface area contributed by atoms with Crippen molar-refractivity contribution in [3.05, 3.63) is 0 Å². The Morgan fingerprint density at radius 3 is 2.50 bits per heavy atom. The highest BCUT2D eigenvalue weighted by Gasteiger charge is 1.81. The molecular weight excluding hydrogens is 68.5 g/mol. The quantitative estimate of drug-likeness (QED) is 0.305. The molecule has 0 heterocycles.